The number of methoxy groups -OCH3 is 1. The van der Waals surface area contributed by atoms with E-state index >= 15 is 0 Å². The molecule has 1 saturated heterocycles. The van der Waals surface area contributed by atoms with Gasteiger partial charge in [-0.15, -0.1) is 0 Å². The zero-order chi connectivity index (χ0) is 13.7. The smallest absolute Gasteiger partial charge is 0.304 e. The quantitative estimate of drug-likeness (QED) is 0.887. The number of nitrogens with zero attached hydrogens (tertiary/aromatic N) is 1. The molecule has 1 N–H and O–H groups in total. The Morgan fingerprint density at radius 3 is 3.05 bits per heavy atom. The lowest BCUT2D eigenvalue weighted by atomic mass is 9.98. The minimum Gasteiger partial charge on any atom is -0.497 e. The minimum atomic E-state index is -0.706. The van der Waals surface area contributed by atoms with Crippen LogP contribution in [-0.4, -0.2) is 35.7 Å². The summed E-state index contributed by atoms with van der Waals surface area (Å²) in [6.45, 7) is 1.78. The third-order valence-electron chi connectivity index (χ3n) is 3.68. The normalized spacial score (nSPS) is 20.2. The fraction of sp³-hybridized carbons (Fsp3) is 0.533. The van der Waals surface area contributed by atoms with Crippen LogP contribution in [0.25, 0.3) is 0 Å². The predicted octanol–water partition coefficient (Wildman–Crippen LogP) is 2.52. The van der Waals surface area contributed by atoms with E-state index in [0.717, 1.165) is 38.1 Å². The molecule has 1 aliphatic rings. The zero-order valence-electron chi connectivity index (χ0n) is 11.3. The lowest BCUT2D eigenvalue weighted by Crippen LogP contribution is -2.40. The molecule has 4 nitrogen and oxygen atoms in total. The van der Waals surface area contributed by atoms with Crippen molar-refractivity contribution in [2.75, 3.05) is 13.7 Å². The van der Waals surface area contributed by atoms with Gasteiger partial charge in [-0.2, -0.15) is 0 Å². The molecule has 0 saturated carbocycles. The van der Waals surface area contributed by atoms with E-state index in [0.29, 0.717) is 0 Å². The summed E-state index contributed by atoms with van der Waals surface area (Å²) < 4.78 is 5.22. The molecule has 1 atom stereocenters. The SMILES string of the molecule is COc1cccc(CN2CCCCC2CC(=O)O)c1. The molecule has 104 valence electrons. The molecular formula is C15H21NO3. The average Bonchev–Trinajstić information content (AvgIpc) is 2.41. The number of piperidine rings is 1. The number of carboxylic acids is 1. The highest BCUT2D eigenvalue weighted by Crippen LogP contribution is 2.23. The summed E-state index contributed by atoms with van der Waals surface area (Å²) in [5, 5.41) is 8.99. The number of carbonyl (C=O) groups is 1. The van der Waals surface area contributed by atoms with Crippen LogP contribution >= 0.6 is 0 Å². The van der Waals surface area contributed by atoms with Crippen molar-refractivity contribution in [1.29, 1.82) is 0 Å². The molecule has 1 heterocycles. The second kappa shape index (κ2) is 6.57. The number of carboxylic acid groups (broad SMARTS) is 1. The number of hydrogen-bond acceptors (Lipinski definition) is 3. The molecule has 19 heavy (non-hydrogen) atoms. The van der Waals surface area contributed by atoms with Gasteiger partial charge in [-0.3, -0.25) is 9.69 Å². The van der Waals surface area contributed by atoms with Gasteiger partial charge >= 0.3 is 5.97 Å². The standard InChI is InChI=1S/C15H21NO3/c1-19-14-7-4-5-12(9-14)11-16-8-3-2-6-13(16)10-15(17)18/h4-5,7,9,13H,2-3,6,8,10-11H2,1H3,(H,17,18). The minimum absolute atomic E-state index is 0.164. The summed E-state index contributed by atoms with van der Waals surface area (Å²) in [6.07, 6.45) is 3.51. The fourth-order valence-electron chi connectivity index (χ4n) is 2.71. The lowest BCUT2D eigenvalue weighted by molar-refractivity contribution is -0.138. The second-order valence-electron chi connectivity index (χ2n) is 5.07. The Balaban J connectivity index is 2.03. The highest BCUT2D eigenvalue weighted by atomic mass is 16.5. The van der Waals surface area contributed by atoms with Crippen LogP contribution in [0.1, 0.15) is 31.2 Å². The highest BCUT2D eigenvalue weighted by molar-refractivity contribution is 5.67. The van der Waals surface area contributed by atoms with Gasteiger partial charge in [-0.25, -0.2) is 0 Å². The molecule has 4 heteroatoms. The topological polar surface area (TPSA) is 49.8 Å². The van der Waals surface area contributed by atoms with E-state index in [1.54, 1.807) is 7.11 Å². The van der Waals surface area contributed by atoms with Crippen LogP contribution in [0.2, 0.25) is 0 Å². The third-order valence-corrected chi connectivity index (χ3v) is 3.68. The Kier molecular flexibility index (Phi) is 4.80. The Morgan fingerprint density at radius 2 is 2.32 bits per heavy atom. The summed E-state index contributed by atoms with van der Waals surface area (Å²) >= 11 is 0. The molecule has 1 aromatic carbocycles. The zero-order valence-corrected chi connectivity index (χ0v) is 11.3. The maximum Gasteiger partial charge on any atom is 0.304 e. The van der Waals surface area contributed by atoms with Gasteiger partial charge in [0.15, 0.2) is 0 Å². The van der Waals surface area contributed by atoms with Crippen molar-refractivity contribution in [3.8, 4) is 5.75 Å². The van der Waals surface area contributed by atoms with E-state index in [2.05, 4.69) is 11.0 Å². The first-order valence-corrected chi connectivity index (χ1v) is 6.78. The predicted molar refractivity (Wildman–Crippen MR) is 73.3 cm³/mol. The van der Waals surface area contributed by atoms with Crippen LogP contribution in [0.4, 0.5) is 0 Å². The van der Waals surface area contributed by atoms with E-state index in [1.165, 1.54) is 5.56 Å². The number of hydrogen-bond donors (Lipinski definition) is 1. The summed E-state index contributed by atoms with van der Waals surface area (Å²) in [5.41, 5.74) is 1.18. The maximum atomic E-state index is 10.9. The molecule has 0 spiro atoms. The van der Waals surface area contributed by atoms with Gasteiger partial charge in [0.25, 0.3) is 0 Å². The van der Waals surface area contributed by atoms with Gasteiger partial charge in [-0.1, -0.05) is 18.6 Å². The summed E-state index contributed by atoms with van der Waals surface area (Å²) in [7, 11) is 1.66. The van der Waals surface area contributed by atoms with Crippen molar-refractivity contribution in [2.45, 2.75) is 38.3 Å². The van der Waals surface area contributed by atoms with Crippen LogP contribution in [-0.2, 0) is 11.3 Å². The highest BCUT2D eigenvalue weighted by Gasteiger charge is 2.24. The molecule has 1 unspecified atom stereocenters. The monoisotopic (exact) mass is 263 g/mol. The molecule has 1 aliphatic heterocycles. The first kappa shape index (κ1) is 13.9. The van der Waals surface area contributed by atoms with E-state index in [9.17, 15) is 4.79 Å². The number of aliphatic carboxylic acids is 1. The van der Waals surface area contributed by atoms with Crippen molar-refractivity contribution in [1.82, 2.24) is 4.90 Å². The number of rotatable bonds is 5. The van der Waals surface area contributed by atoms with Crippen LogP contribution in [0.3, 0.4) is 0 Å². The molecular weight excluding hydrogens is 242 g/mol. The van der Waals surface area contributed by atoms with E-state index in [-0.39, 0.29) is 12.5 Å². The molecule has 0 amide bonds. The van der Waals surface area contributed by atoms with Crippen LogP contribution in [0.15, 0.2) is 24.3 Å². The Bertz CT molecular complexity index is 433. The maximum absolute atomic E-state index is 10.9. The van der Waals surface area contributed by atoms with Crippen molar-refractivity contribution < 1.29 is 14.6 Å². The molecule has 1 fully saturated rings. The van der Waals surface area contributed by atoms with Crippen molar-refractivity contribution in [3.63, 3.8) is 0 Å². The number of likely N-dealkylation sites (tertiary alicyclic amines) is 1. The molecule has 0 bridgehead atoms. The van der Waals surface area contributed by atoms with Gasteiger partial charge in [0.2, 0.25) is 0 Å². The lowest BCUT2D eigenvalue weighted by Gasteiger charge is -2.35. The Hall–Kier alpha value is -1.55. The summed E-state index contributed by atoms with van der Waals surface area (Å²) in [5.74, 6) is 0.145. The first-order chi connectivity index (χ1) is 9.19. The van der Waals surface area contributed by atoms with Gasteiger partial charge < -0.3 is 9.84 Å². The summed E-state index contributed by atoms with van der Waals surface area (Å²) in [4.78, 5) is 13.2. The van der Waals surface area contributed by atoms with Crippen molar-refractivity contribution in [3.05, 3.63) is 29.8 Å². The molecule has 0 radical (unpaired) electrons. The average molecular weight is 263 g/mol. The van der Waals surface area contributed by atoms with Gasteiger partial charge in [0.1, 0.15) is 5.75 Å². The van der Waals surface area contributed by atoms with Crippen molar-refractivity contribution >= 4 is 5.97 Å². The van der Waals surface area contributed by atoms with Crippen LogP contribution < -0.4 is 4.74 Å². The van der Waals surface area contributed by atoms with E-state index < -0.39 is 5.97 Å². The Labute approximate surface area is 114 Å². The van der Waals surface area contributed by atoms with Gasteiger partial charge in [0.05, 0.1) is 13.5 Å². The number of ether oxygens (including phenoxy) is 1. The Morgan fingerprint density at radius 1 is 1.47 bits per heavy atom. The largest absolute Gasteiger partial charge is 0.497 e. The van der Waals surface area contributed by atoms with Crippen LogP contribution in [0.5, 0.6) is 5.75 Å². The van der Waals surface area contributed by atoms with Crippen molar-refractivity contribution in [2.24, 2.45) is 0 Å². The molecule has 0 aromatic heterocycles. The molecule has 0 aliphatic carbocycles. The first-order valence-electron chi connectivity index (χ1n) is 6.78. The second-order valence-corrected chi connectivity index (χ2v) is 5.07. The number of benzene rings is 1. The molecule has 1 aromatic rings. The van der Waals surface area contributed by atoms with E-state index in [1.807, 2.05) is 18.2 Å². The van der Waals surface area contributed by atoms with Gasteiger partial charge in [-0.05, 0) is 37.1 Å². The van der Waals surface area contributed by atoms with E-state index in [4.69, 9.17) is 9.84 Å². The van der Waals surface area contributed by atoms with Crippen LogP contribution in [0, 0.1) is 0 Å². The third kappa shape index (κ3) is 3.96. The van der Waals surface area contributed by atoms with Gasteiger partial charge in [0, 0.05) is 12.6 Å². The summed E-state index contributed by atoms with van der Waals surface area (Å²) in [6, 6.07) is 8.15. The molecule has 2 rings (SSSR count). The fourth-order valence-corrected chi connectivity index (χ4v) is 2.71.